The lowest BCUT2D eigenvalue weighted by Gasteiger charge is -2.07. The van der Waals surface area contributed by atoms with Crippen molar-refractivity contribution < 1.29 is 14.3 Å². The van der Waals surface area contributed by atoms with E-state index in [4.69, 9.17) is 9.47 Å². The lowest BCUT2D eigenvalue weighted by Crippen LogP contribution is -2.08. The fourth-order valence-electron chi connectivity index (χ4n) is 3.19. The number of hydrogen-bond donors (Lipinski definition) is 1. The number of hydrogen-bond acceptors (Lipinski definition) is 5. The normalized spacial score (nSPS) is 11.1. The molecule has 0 radical (unpaired) electrons. The van der Waals surface area contributed by atoms with Crippen LogP contribution in [0.5, 0.6) is 11.5 Å². The topological polar surface area (TPSA) is 47.9 Å². The molecule has 32 heavy (non-hydrogen) atoms. The number of nitrogens with zero attached hydrogens (tertiary/aromatic N) is 1. The maximum Gasteiger partial charge on any atom is 0.343 e. The summed E-state index contributed by atoms with van der Waals surface area (Å²) < 4.78 is 11.0. The molecule has 0 saturated carbocycles. The van der Waals surface area contributed by atoms with E-state index in [1.54, 1.807) is 42.6 Å². The number of carbonyl (C=O) groups excluding carboxylic acids is 1. The predicted octanol–water partition coefficient (Wildman–Crippen LogP) is 6.89. The van der Waals surface area contributed by atoms with Gasteiger partial charge in [-0.2, -0.15) is 0 Å². The van der Waals surface area contributed by atoms with E-state index in [0.717, 1.165) is 39.1 Å². The molecule has 0 atom stereocenters. The molecule has 4 rings (SSSR count). The Bertz CT molecular complexity index is 1250. The number of fused-ring (bicyclic) bond motifs is 1. The summed E-state index contributed by atoms with van der Waals surface area (Å²) >= 11 is 4.64. The second-order valence-electron chi connectivity index (χ2n) is 7.24. The second kappa shape index (κ2) is 10.2. The first-order valence-corrected chi connectivity index (χ1v) is 10.9. The molecule has 0 fully saturated rings. The van der Waals surface area contributed by atoms with Crippen molar-refractivity contribution in [1.82, 2.24) is 0 Å². The van der Waals surface area contributed by atoms with Gasteiger partial charge in [0.05, 0.1) is 17.9 Å². The van der Waals surface area contributed by atoms with Crippen molar-refractivity contribution in [2.24, 2.45) is 4.99 Å². The fourth-order valence-corrected chi connectivity index (χ4v) is 3.52. The van der Waals surface area contributed by atoms with Crippen LogP contribution in [0.1, 0.15) is 29.3 Å². The van der Waals surface area contributed by atoms with Crippen LogP contribution in [0.2, 0.25) is 0 Å². The molecule has 0 aliphatic heterocycles. The van der Waals surface area contributed by atoms with Gasteiger partial charge in [-0.3, -0.25) is 4.99 Å². The van der Waals surface area contributed by atoms with Crippen molar-refractivity contribution in [2.45, 2.75) is 18.2 Å². The minimum Gasteiger partial charge on any atom is -0.494 e. The second-order valence-corrected chi connectivity index (χ2v) is 7.69. The third-order valence-electron chi connectivity index (χ3n) is 4.89. The number of carbonyl (C=O) groups is 1. The van der Waals surface area contributed by atoms with E-state index >= 15 is 0 Å². The van der Waals surface area contributed by atoms with Crippen molar-refractivity contribution in [3.8, 4) is 11.5 Å². The number of benzene rings is 4. The molecule has 4 aromatic carbocycles. The molecule has 160 valence electrons. The van der Waals surface area contributed by atoms with Gasteiger partial charge in [0.2, 0.25) is 0 Å². The van der Waals surface area contributed by atoms with Gasteiger partial charge in [0.15, 0.2) is 0 Å². The molecule has 0 aliphatic carbocycles. The lowest BCUT2D eigenvalue weighted by atomic mass is 10.1. The number of rotatable bonds is 7. The molecule has 0 spiro atoms. The average Bonchev–Trinajstić information content (AvgIpc) is 2.84. The van der Waals surface area contributed by atoms with Gasteiger partial charge >= 0.3 is 5.97 Å². The zero-order valence-electron chi connectivity index (χ0n) is 17.7. The van der Waals surface area contributed by atoms with Gasteiger partial charge in [-0.15, -0.1) is 12.6 Å². The Labute approximate surface area is 192 Å². The van der Waals surface area contributed by atoms with Gasteiger partial charge in [0, 0.05) is 11.1 Å². The van der Waals surface area contributed by atoms with E-state index in [-0.39, 0.29) is 0 Å². The Kier molecular flexibility index (Phi) is 6.87. The van der Waals surface area contributed by atoms with Crippen LogP contribution >= 0.6 is 12.6 Å². The zero-order chi connectivity index (χ0) is 22.3. The summed E-state index contributed by atoms with van der Waals surface area (Å²) in [5, 5.41) is 2.20. The van der Waals surface area contributed by atoms with E-state index in [1.165, 1.54) is 0 Å². The third-order valence-corrected chi connectivity index (χ3v) is 5.36. The molecular weight excluding hydrogens is 418 g/mol. The van der Waals surface area contributed by atoms with Crippen LogP contribution in [0.3, 0.4) is 0 Å². The Morgan fingerprint density at radius 1 is 0.906 bits per heavy atom. The molecule has 0 saturated heterocycles. The smallest absolute Gasteiger partial charge is 0.343 e. The molecule has 5 heteroatoms. The van der Waals surface area contributed by atoms with Gasteiger partial charge in [0.25, 0.3) is 0 Å². The van der Waals surface area contributed by atoms with Crippen LogP contribution in [-0.4, -0.2) is 18.8 Å². The summed E-state index contributed by atoms with van der Waals surface area (Å²) in [7, 11) is 0. The maximum absolute atomic E-state index is 12.4. The van der Waals surface area contributed by atoms with E-state index in [2.05, 4.69) is 23.7 Å². The van der Waals surface area contributed by atoms with Gasteiger partial charge in [-0.1, -0.05) is 37.3 Å². The lowest BCUT2D eigenvalue weighted by molar-refractivity contribution is 0.0734. The Morgan fingerprint density at radius 2 is 1.62 bits per heavy atom. The quantitative estimate of drug-likeness (QED) is 0.147. The molecule has 4 nitrogen and oxygen atoms in total. The van der Waals surface area contributed by atoms with Crippen molar-refractivity contribution in [1.29, 1.82) is 0 Å². The molecular formula is C27H23NO3S. The molecule has 0 amide bonds. The van der Waals surface area contributed by atoms with Gasteiger partial charge < -0.3 is 9.47 Å². The van der Waals surface area contributed by atoms with Gasteiger partial charge in [0.1, 0.15) is 11.5 Å². The summed E-state index contributed by atoms with van der Waals surface area (Å²) in [5.41, 5.74) is 2.16. The summed E-state index contributed by atoms with van der Waals surface area (Å²) in [5.74, 6) is 0.797. The Hall–Kier alpha value is -3.57. The first-order chi connectivity index (χ1) is 15.6. The van der Waals surface area contributed by atoms with Crippen LogP contribution in [0.15, 0.2) is 94.8 Å². The number of thiol groups is 1. The van der Waals surface area contributed by atoms with E-state index in [1.807, 2.05) is 49.4 Å². The van der Waals surface area contributed by atoms with Crippen LogP contribution in [0.25, 0.3) is 10.8 Å². The molecule has 0 heterocycles. The standard InChI is InChI=1S/C27H23NO3S/c1-2-17-30-22-14-9-21(10-15-22)27(29)31-23-12-7-19(8-13-23)18-28-25-16-11-20-5-3-4-6-24(20)26(25)32/h3-16,18,32H,2,17H2,1H3. The molecule has 4 aromatic rings. The van der Waals surface area contributed by atoms with Crippen molar-refractivity contribution in [2.75, 3.05) is 6.61 Å². The molecule has 0 unspecified atom stereocenters. The average molecular weight is 442 g/mol. The molecule has 0 bridgehead atoms. The van der Waals surface area contributed by atoms with Crippen LogP contribution in [-0.2, 0) is 0 Å². The molecule has 0 aromatic heterocycles. The number of ether oxygens (including phenoxy) is 2. The van der Waals surface area contributed by atoms with E-state index < -0.39 is 5.97 Å². The van der Waals surface area contributed by atoms with Crippen molar-refractivity contribution >= 4 is 41.3 Å². The summed E-state index contributed by atoms with van der Waals surface area (Å²) in [6.45, 7) is 2.69. The van der Waals surface area contributed by atoms with Gasteiger partial charge in [-0.25, -0.2) is 4.79 Å². The number of esters is 1. The van der Waals surface area contributed by atoms with E-state index in [0.29, 0.717) is 17.9 Å². The Morgan fingerprint density at radius 3 is 2.38 bits per heavy atom. The number of aliphatic imine (C=N–C) groups is 1. The minimum atomic E-state index is -0.413. The monoisotopic (exact) mass is 441 g/mol. The zero-order valence-corrected chi connectivity index (χ0v) is 18.6. The predicted molar refractivity (Wildman–Crippen MR) is 132 cm³/mol. The highest BCUT2D eigenvalue weighted by molar-refractivity contribution is 7.80. The maximum atomic E-state index is 12.4. The van der Waals surface area contributed by atoms with E-state index in [9.17, 15) is 4.79 Å². The molecule has 0 aliphatic rings. The molecule has 0 N–H and O–H groups in total. The van der Waals surface area contributed by atoms with Crippen molar-refractivity contribution in [3.63, 3.8) is 0 Å². The van der Waals surface area contributed by atoms with Crippen LogP contribution < -0.4 is 9.47 Å². The van der Waals surface area contributed by atoms with Gasteiger partial charge in [-0.05, 0) is 77.4 Å². The summed E-state index contributed by atoms with van der Waals surface area (Å²) in [4.78, 5) is 17.8. The highest BCUT2D eigenvalue weighted by atomic mass is 32.1. The first-order valence-electron chi connectivity index (χ1n) is 10.4. The largest absolute Gasteiger partial charge is 0.494 e. The van der Waals surface area contributed by atoms with Crippen LogP contribution in [0, 0.1) is 0 Å². The van der Waals surface area contributed by atoms with Crippen molar-refractivity contribution in [3.05, 3.63) is 96.1 Å². The summed E-state index contributed by atoms with van der Waals surface area (Å²) in [6, 6.07) is 26.2. The highest BCUT2D eigenvalue weighted by Gasteiger charge is 2.09. The SMILES string of the molecule is CCCOc1ccc(C(=O)Oc2ccc(C=Nc3ccc4ccccc4c3S)cc2)cc1. The highest BCUT2D eigenvalue weighted by Crippen LogP contribution is 2.31. The summed E-state index contributed by atoms with van der Waals surface area (Å²) in [6.07, 6.45) is 2.70. The third kappa shape index (κ3) is 5.18. The Balaban J connectivity index is 1.41. The fraction of sp³-hybridized carbons (Fsp3) is 0.111. The minimum absolute atomic E-state index is 0.413. The van der Waals surface area contributed by atoms with Crippen LogP contribution in [0.4, 0.5) is 5.69 Å². The first kappa shape index (κ1) is 21.7.